The van der Waals surface area contributed by atoms with Crippen LogP contribution in [0.5, 0.6) is 0 Å². The zero-order chi connectivity index (χ0) is 13.7. The summed E-state index contributed by atoms with van der Waals surface area (Å²) >= 11 is 0. The molecule has 2 rings (SSSR count). The van der Waals surface area contributed by atoms with E-state index in [1.165, 1.54) is 11.1 Å². The summed E-state index contributed by atoms with van der Waals surface area (Å²) in [6, 6.07) is 4.36. The maximum absolute atomic E-state index is 11.1. The lowest BCUT2D eigenvalue weighted by molar-refractivity contribution is 0.112. The Kier molecular flexibility index (Phi) is 2.92. The molecule has 0 aromatic heterocycles. The van der Waals surface area contributed by atoms with Gasteiger partial charge in [-0.15, -0.1) is 0 Å². The van der Waals surface area contributed by atoms with E-state index in [-0.39, 0.29) is 10.8 Å². The Morgan fingerprint density at radius 3 is 2.28 bits per heavy atom. The van der Waals surface area contributed by atoms with Gasteiger partial charge in [-0.25, -0.2) is 0 Å². The molecule has 1 aliphatic carbocycles. The highest BCUT2D eigenvalue weighted by molar-refractivity contribution is 5.78. The molecule has 0 radical (unpaired) electrons. The summed E-state index contributed by atoms with van der Waals surface area (Å²) in [5.41, 5.74) is 5.16. The number of carbonyl (C=O) groups is 1. The zero-order valence-electron chi connectivity index (χ0n) is 12.4. The van der Waals surface area contributed by atoms with Crippen LogP contribution in [0.1, 0.15) is 68.1 Å². The van der Waals surface area contributed by atoms with E-state index in [0.717, 1.165) is 23.8 Å². The van der Waals surface area contributed by atoms with E-state index < -0.39 is 0 Å². The van der Waals surface area contributed by atoms with Gasteiger partial charge in [0.25, 0.3) is 0 Å². The molecule has 1 aliphatic rings. The van der Waals surface area contributed by atoms with Crippen molar-refractivity contribution in [3.05, 3.63) is 34.4 Å². The van der Waals surface area contributed by atoms with Crippen LogP contribution in [0.3, 0.4) is 0 Å². The second-order valence-corrected chi connectivity index (χ2v) is 7.01. The minimum atomic E-state index is 0.166. The number of aryl methyl sites for hydroxylation is 1. The fourth-order valence-electron chi connectivity index (χ4n) is 3.51. The number of fused-ring (bicyclic) bond motifs is 1. The molecule has 0 bridgehead atoms. The normalized spacial score (nSPS) is 25.3. The maximum atomic E-state index is 11.1. The van der Waals surface area contributed by atoms with Crippen molar-refractivity contribution in [2.75, 3.05) is 0 Å². The van der Waals surface area contributed by atoms with Crippen molar-refractivity contribution in [1.29, 1.82) is 0 Å². The first kappa shape index (κ1) is 13.3. The number of hydrogen-bond acceptors (Lipinski definition) is 1. The highest BCUT2D eigenvalue weighted by atomic mass is 16.1. The van der Waals surface area contributed by atoms with E-state index in [0.29, 0.717) is 5.92 Å². The Hall–Kier alpha value is -1.11. The Labute approximate surface area is 111 Å². The van der Waals surface area contributed by atoms with Crippen molar-refractivity contribution in [2.45, 2.75) is 58.8 Å². The molecule has 1 nitrogen and oxygen atoms in total. The first-order valence-electron chi connectivity index (χ1n) is 6.83. The van der Waals surface area contributed by atoms with Crippen molar-refractivity contribution >= 4 is 6.29 Å². The summed E-state index contributed by atoms with van der Waals surface area (Å²) in [5, 5.41) is 0. The molecular formula is C17H24O. The molecule has 1 atom stereocenters. The predicted molar refractivity (Wildman–Crippen MR) is 76.4 cm³/mol. The van der Waals surface area contributed by atoms with E-state index in [4.69, 9.17) is 0 Å². The smallest absolute Gasteiger partial charge is 0.150 e. The summed E-state index contributed by atoms with van der Waals surface area (Å²) in [5.74, 6) is 0.611. The minimum Gasteiger partial charge on any atom is -0.298 e. The van der Waals surface area contributed by atoms with Gasteiger partial charge in [0.2, 0.25) is 0 Å². The first-order chi connectivity index (χ1) is 8.22. The van der Waals surface area contributed by atoms with Crippen LogP contribution in [0.2, 0.25) is 0 Å². The molecule has 0 spiro atoms. The van der Waals surface area contributed by atoms with Crippen molar-refractivity contribution in [3.8, 4) is 0 Å². The lowest BCUT2D eigenvalue weighted by Gasteiger charge is -2.32. The summed E-state index contributed by atoms with van der Waals surface area (Å²) in [7, 11) is 0. The SMILES string of the molecule is Cc1cc2c(cc1C=O)C(C)(C)CC2(C)C(C)C. The number of benzene rings is 1. The molecule has 0 amide bonds. The van der Waals surface area contributed by atoms with Gasteiger partial charge in [0.1, 0.15) is 6.29 Å². The average Bonchev–Trinajstić information content (AvgIpc) is 2.46. The van der Waals surface area contributed by atoms with Gasteiger partial charge in [-0.3, -0.25) is 4.79 Å². The zero-order valence-corrected chi connectivity index (χ0v) is 12.4. The van der Waals surface area contributed by atoms with Crippen LogP contribution >= 0.6 is 0 Å². The van der Waals surface area contributed by atoms with Gasteiger partial charge in [0, 0.05) is 5.56 Å². The van der Waals surface area contributed by atoms with Crippen LogP contribution < -0.4 is 0 Å². The standard InChI is InChI=1S/C17H24O/c1-11(2)17(6)10-16(4,5)14-8-13(9-18)12(3)7-15(14)17/h7-9,11H,10H2,1-6H3. The number of aldehydes is 1. The molecule has 0 heterocycles. The van der Waals surface area contributed by atoms with E-state index in [9.17, 15) is 4.79 Å². The molecule has 1 aromatic rings. The minimum absolute atomic E-state index is 0.166. The van der Waals surface area contributed by atoms with Gasteiger partial charge < -0.3 is 0 Å². The van der Waals surface area contributed by atoms with Gasteiger partial charge in [0.15, 0.2) is 0 Å². The third kappa shape index (κ3) is 1.72. The van der Waals surface area contributed by atoms with E-state index in [2.05, 4.69) is 46.8 Å². The van der Waals surface area contributed by atoms with Crippen molar-refractivity contribution in [3.63, 3.8) is 0 Å². The van der Waals surface area contributed by atoms with Gasteiger partial charge in [-0.05, 0) is 52.8 Å². The highest BCUT2D eigenvalue weighted by Crippen LogP contribution is 2.53. The fraction of sp³-hybridized carbons (Fsp3) is 0.588. The summed E-state index contributed by atoms with van der Waals surface area (Å²) in [6.45, 7) is 13.6. The Balaban J connectivity index is 2.72. The van der Waals surface area contributed by atoms with E-state index in [1.54, 1.807) is 0 Å². The monoisotopic (exact) mass is 244 g/mol. The molecule has 0 saturated heterocycles. The molecule has 98 valence electrons. The van der Waals surface area contributed by atoms with Crippen molar-refractivity contribution in [1.82, 2.24) is 0 Å². The van der Waals surface area contributed by atoms with Crippen LogP contribution in [-0.2, 0) is 10.8 Å². The average molecular weight is 244 g/mol. The Bertz CT molecular complexity index is 497. The molecule has 18 heavy (non-hydrogen) atoms. The largest absolute Gasteiger partial charge is 0.298 e. The summed E-state index contributed by atoms with van der Waals surface area (Å²) < 4.78 is 0. The second kappa shape index (κ2) is 3.94. The molecule has 0 fully saturated rings. The van der Waals surface area contributed by atoms with Crippen LogP contribution in [-0.4, -0.2) is 6.29 Å². The van der Waals surface area contributed by atoms with Crippen LogP contribution in [0.4, 0.5) is 0 Å². The van der Waals surface area contributed by atoms with Gasteiger partial charge in [0.05, 0.1) is 0 Å². The van der Waals surface area contributed by atoms with Gasteiger partial charge in [-0.1, -0.05) is 40.7 Å². The van der Waals surface area contributed by atoms with Gasteiger partial charge >= 0.3 is 0 Å². The Morgan fingerprint density at radius 2 is 1.78 bits per heavy atom. The first-order valence-corrected chi connectivity index (χ1v) is 6.83. The fourth-order valence-corrected chi connectivity index (χ4v) is 3.51. The molecule has 1 aromatic carbocycles. The van der Waals surface area contributed by atoms with Crippen molar-refractivity contribution < 1.29 is 4.79 Å². The quantitative estimate of drug-likeness (QED) is 0.705. The topological polar surface area (TPSA) is 17.1 Å². The summed E-state index contributed by atoms with van der Waals surface area (Å²) in [6.07, 6.45) is 2.14. The molecule has 1 heteroatoms. The molecule has 0 N–H and O–H groups in total. The maximum Gasteiger partial charge on any atom is 0.150 e. The predicted octanol–water partition coefficient (Wildman–Crippen LogP) is 4.40. The highest BCUT2D eigenvalue weighted by Gasteiger charge is 2.46. The second-order valence-electron chi connectivity index (χ2n) is 7.01. The number of rotatable bonds is 2. The van der Waals surface area contributed by atoms with Crippen LogP contribution in [0.15, 0.2) is 12.1 Å². The van der Waals surface area contributed by atoms with E-state index >= 15 is 0 Å². The molecular weight excluding hydrogens is 220 g/mol. The third-order valence-corrected chi connectivity index (χ3v) is 4.96. The van der Waals surface area contributed by atoms with Crippen molar-refractivity contribution in [2.24, 2.45) is 5.92 Å². The third-order valence-electron chi connectivity index (χ3n) is 4.96. The molecule has 0 aliphatic heterocycles. The van der Waals surface area contributed by atoms with E-state index in [1.807, 2.05) is 6.92 Å². The lowest BCUT2D eigenvalue weighted by Crippen LogP contribution is -2.28. The Morgan fingerprint density at radius 1 is 1.17 bits per heavy atom. The number of carbonyl (C=O) groups excluding carboxylic acids is 1. The molecule has 0 saturated carbocycles. The lowest BCUT2D eigenvalue weighted by atomic mass is 9.72. The summed E-state index contributed by atoms with van der Waals surface area (Å²) in [4.78, 5) is 11.1. The van der Waals surface area contributed by atoms with Crippen LogP contribution in [0, 0.1) is 12.8 Å². The van der Waals surface area contributed by atoms with Gasteiger partial charge in [-0.2, -0.15) is 0 Å². The number of hydrogen-bond donors (Lipinski definition) is 0. The van der Waals surface area contributed by atoms with Crippen LogP contribution in [0.25, 0.3) is 0 Å². The molecule has 1 unspecified atom stereocenters.